The maximum atomic E-state index is 5.98. The zero-order valence-corrected chi connectivity index (χ0v) is 12.8. The van der Waals surface area contributed by atoms with Gasteiger partial charge in [0.05, 0.1) is 19.8 Å². The van der Waals surface area contributed by atoms with Gasteiger partial charge < -0.3 is 13.9 Å². The fraction of sp³-hybridized carbons (Fsp3) is 0.125. The molecule has 0 fully saturated rings. The van der Waals surface area contributed by atoms with Gasteiger partial charge in [0, 0.05) is 16.7 Å². The van der Waals surface area contributed by atoms with E-state index in [1.54, 1.807) is 38.5 Å². The van der Waals surface area contributed by atoms with E-state index in [4.69, 9.17) is 25.5 Å². The Labute approximate surface area is 132 Å². The Morgan fingerprint density at radius 1 is 0.955 bits per heavy atom. The molecule has 0 radical (unpaired) electrons. The SMILES string of the molecule is COc1ccc(-c2nnc(-c3cccc(Cl)c3)o2)c(OC)c1. The lowest BCUT2D eigenvalue weighted by Gasteiger charge is -2.07. The molecule has 0 aliphatic carbocycles. The van der Waals surface area contributed by atoms with E-state index in [0.29, 0.717) is 33.9 Å². The van der Waals surface area contributed by atoms with E-state index in [2.05, 4.69) is 10.2 Å². The van der Waals surface area contributed by atoms with Crippen molar-refractivity contribution in [3.05, 3.63) is 47.5 Å². The summed E-state index contributed by atoms with van der Waals surface area (Å²) in [6, 6.07) is 12.6. The second-order valence-electron chi connectivity index (χ2n) is 4.49. The van der Waals surface area contributed by atoms with Gasteiger partial charge in [0.25, 0.3) is 5.89 Å². The fourth-order valence-corrected chi connectivity index (χ4v) is 2.24. The van der Waals surface area contributed by atoms with Gasteiger partial charge in [0.1, 0.15) is 11.5 Å². The van der Waals surface area contributed by atoms with Crippen LogP contribution in [0.1, 0.15) is 0 Å². The van der Waals surface area contributed by atoms with Crippen LogP contribution in [-0.4, -0.2) is 24.4 Å². The molecule has 5 nitrogen and oxygen atoms in total. The van der Waals surface area contributed by atoms with Crippen molar-refractivity contribution in [1.82, 2.24) is 10.2 Å². The van der Waals surface area contributed by atoms with Crippen LogP contribution in [0.5, 0.6) is 11.5 Å². The summed E-state index contributed by atoms with van der Waals surface area (Å²) in [5.74, 6) is 2.06. The molecule has 112 valence electrons. The number of rotatable bonds is 4. The van der Waals surface area contributed by atoms with Gasteiger partial charge in [-0.2, -0.15) is 0 Å². The third-order valence-electron chi connectivity index (χ3n) is 3.14. The number of hydrogen-bond acceptors (Lipinski definition) is 5. The fourth-order valence-electron chi connectivity index (χ4n) is 2.05. The summed E-state index contributed by atoms with van der Waals surface area (Å²) in [7, 11) is 3.17. The van der Waals surface area contributed by atoms with Gasteiger partial charge in [-0.25, -0.2) is 0 Å². The predicted octanol–water partition coefficient (Wildman–Crippen LogP) is 4.07. The minimum atomic E-state index is 0.370. The molecule has 6 heteroatoms. The Kier molecular flexibility index (Phi) is 3.98. The number of ether oxygens (including phenoxy) is 2. The molecule has 0 unspecified atom stereocenters. The third-order valence-corrected chi connectivity index (χ3v) is 3.37. The highest BCUT2D eigenvalue weighted by molar-refractivity contribution is 6.30. The quantitative estimate of drug-likeness (QED) is 0.726. The molecule has 0 bridgehead atoms. The molecule has 2 aromatic carbocycles. The highest BCUT2D eigenvalue weighted by Crippen LogP contribution is 2.34. The molecule has 22 heavy (non-hydrogen) atoms. The normalized spacial score (nSPS) is 10.5. The molecule has 3 rings (SSSR count). The summed E-state index contributed by atoms with van der Waals surface area (Å²) in [6.07, 6.45) is 0. The first kappa shape index (κ1) is 14.4. The van der Waals surface area contributed by atoms with Gasteiger partial charge >= 0.3 is 0 Å². The van der Waals surface area contributed by atoms with Crippen LogP contribution in [0.15, 0.2) is 46.9 Å². The van der Waals surface area contributed by atoms with Crippen molar-refractivity contribution in [2.75, 3.05) is 14.2 Å². The summed E-state index contributed by atoms with van der Waals surface area (Å²) in [5, 5.41) is 8.75. The van der Waals surface area contributed by atoms with E-state index in [0.717, 1.165) is 5.56 Å². The second kappa shape index (κ2) is 6.07. The molecule has 0 spiro atoms. The molecule has 3 aromatic rings. The van der Waals surface area contributed by atoms with Gasteiger partial charge in [-0.05, 0) is 30.3 Å². The second-order valence-corrected chi connectivity index (χ2v) is 4.93. The van der Waals surface area contributed by atoms with Crippen LogP contribution in [0, 0.1) is 0 Å². The number of benzene rings is 2. The molecule has 1 aromatic heterocycles. The van der Waals surface area contributed by atoms with E-state index in [9.17, 15) is 0 Å². The van der Waals surface area contributed by atoms with Crippen molar-refractivity contribution in [2.24, 2.45) is 0 Å². The highest BCUT2D eigenvalue weighted by atomic mass is 35.5. The first-order valence-corrected chi connectivity index (χ1v) is 6.91. The zero-order valence-electron chi connectivity index (χ0n) is 12.0. The van der Waals surface area contributed by atoms with E-state index in [1.165, 1.54) is 0 Å². The Hall–Kier alpha value is -2.53. The largest absolute Gasteiger partial charge is 0.497 e. The molecule has 0 aliphatic heterocycles. The molecule has 0 saturated heterocycles. The number of methoxy groups -OCH3 is 2. The maximum Gasteiger partial charge on any atom is 0.251 e. The predicted molar refractivity (Wildman–Crippen MR) is 83.3 cm³/mol. The summed E-state index contributed by atoms with van der Waals surface area (Å²) >= 11 is 5.98. The van der Waals surface area contributed by atoms with Crippen LogP contribution < -0.4 is 9.47 Å². The van der Waals surface area contributed by atoms with Gasteiger partial charge in [-0.15, -0.1) is 10.2 Å². The van der Waals surface area contributed by atoms with Crippen LogP contribution in [0.3, 0.4) is 0 Å². The van der Waals surface area contributed by atoms with E-state index in [-0.39, 0.29) is 0 Å². The van der Waals surface area contributed by atoms with Crippen molar-refractivity contribution < 1.29 is 13.9 Å². The first-order chi connectivity index (χ1) is 10.7. The number of aromatic nitrogens is 2. The van der Waals surface area contributed by atoms with Gasteiger partial charge in [0.2, 0.25) is 5.89 Å². The molecule has 0 aliphatic rings. The molecule has 0 amide bonds. The average Bonchev–Trinajstić information content (AvgIpc) is 3.04. The minimum absolute atomic E-state index is 0.370. The van der Waals surface area contributed by atoms with Crippen molar-refractivity contribution in [1.29, 1.82) is 0 Å². The Morgan fingerprint density at radius 3 is 2.50 bits per heavy atom. The Balaban J connectivity index is 2.00. The van der Waals surface area contributed by atoms with Crippen molar-refractivity contribution in [2.45, 2.75) is 0 Å². The number of halogens is 1. The van der Waals surface area contributed by atoms with Crippen LogP contribution in [0.4, 0.5) is 0 Å². The average molecular weight is 317 g/mol. The maximum absolute atomic E-state index is 5.98. The van der Waals surface area contributed by atoms with Gasteiger partial charge in [-0.1, -0.05) is 17.7 Å². The molecular weight excluding hydrogens is 304 g/mol. The topological polar surface area (TPSA) is 57.4 Å². The van der Waals surface area contributed by atoms with Crippen molar-refractivity contribution in [3.8, 4) is 34.4 Å². The zero-order chi connectivity index (χ0) is 15.5. The minimum Gasteiger partial charge on any atom is -0.497 e. The summed E-state index contributed by atoms with van der Waals surface area (Å²) in [4.78, 5) is 0. The Bertz CT molecular complexity index is 802. The van der Waals surface area contributed by atoms with Crippen LogP contribution >= 0.6 is 11.6 Å². The third kappa shape index (κ3) is 2.76. The van der Waals surface area contributed by atoms with E-state index in [1.807, 2.05) is 18.2 Å². The lowest BCUT2D eigenvalue weighted by atomic mass is 10.2. The lowest BCUT2D eigenvalue weighted by molar-refractivity contribution is 0.394. The lowest BCUT2D eigenvalue weighted by Crippen LogP contribution is -1.90. The summed E-state index contributed by atoms with van der Waals surface area (Å²) < 4.78 is 16.2. The smallest absolute Gasteiger partial charge is 0.251 e. The van der Waals surface area contributed by atoms with Crippen LogP contribution in [0.25, 0.3) is 22.9 Å². The summed E-state index contributed by atoms with van der Waals surface area (Å²) in [6.45, 7) is 0. The van der Waals surface area contributed by atoms with E-state index >= 15 is 0 Å². The number of hydrogen-bond donors (Lipinski definition) is 0. The molecule has 1 heterocycles. The van der Waals surface area contributed by atoms with Gasteiger partial charge in [-0.3, -0.25) is 0 Å². The highest BCUT2D eigenvalue weighted by Gasteiger charge is 2.15. The van der Waals surface area contributed by atoms with Crippen molar-refractivity contribution in [3.63, 3.8) is 0 Å². The van der Waals surface area contributed by atoms with Crippen LogP contribution in [-0.2, 0) is 0 Å². The van der Waals surface area contributed by atoms with E-state index < -0.39 is 0 Å². The molecular formula is C16H13ClN2O3. The monoisotopic (exact) mass is 316 g/mol. The van der Waals surface area contributed by atoms with Crippen molar-refractivity contribution >= 4 is 11.6 Å². The standard InChI is InChI=1S/C16H13ClN2O3/c1-20-12-6-7-13(14(9-12)21-2)16-19-18-15(22-16)10-4-3-5-11(17)8-10/h3-9H,1-2H3. The Morgan fingerprint density at radius 2 is 1.77 bits per heavy atom. The van der Waals surface area contributed by atoms with Crippen LogP contribution in [0.2, 0.25) is 5.02 Å². The van der Waals surface area contributed by atoms with Gasteiger partial charge in [0.15, 0.2) is 0 Å². The molecule has 0 saturated carbocycles. The number of nitrogens with zero attached hydrogens (tertiary/aromatic N) is 2. The molecule has 0 N–H and O–H groups in total. The molecule has 0 atom stereocenters. The summed E-state index contributed by atoms with van der Waals surface area (Å²) in [5.41, 5.74) is 1.46. The first-order valence-electron chi connectivity index (χ1n) is 6.53.